The van der Waals surface area contributed by atoms with Crippen LogP contribution in [-0.2, 0) is 11.3 Å². The summed E-state index contributed by atoms with van der Waals surface area (Å²) in [5.41, 5.74) is 7.13. The average molecular weight is 277 g/mol. The van der Waals surface area contributed by atoms with Gasteiger partial charge in [0.05, 0.1) is 25.0 Å². The summed E-state index contributed by atoms with van der Waals surface area (Å²) in [6.07, 6.45) is 5.26. The highest BCUT2D eigenvalue weighted by molar-refractivity contribution is 7.80. The molecule has 19 heavy (non-hydrogen) atoms. The standard InChI is InChI=1S/C12H15N5OS/c1-18-5-4-17-8-10(7-15-17)16-11-3-2-9(6-14-11)12(13)19/h2-3,6-8H,4-5H2,1H3,(H2,13,19)(H,14,16). The van der Waals surface area contributed by atoms with E-state index in [0.717, 1.165) is 11.3 Å². The van der Waals surface area contributed by atoms with Crippen LogP contribution in [0.1, 0.15) is 5.56 Å². The molecule has 2 aromatic rings. The van der Waals surface area contributed by atoms with E-state index < -0.39 is 0 Å². The molecule has 0 aliphatic heterocycles. The number of aromatic nitrogens is 3. The summed E-state index contributed by atoms with van der Waals surface area (Å²) in [5, 5.41) is 7.35. The van der Waals surface area contributed by atoms with Gasteiger partial charge in [-0.2, -0.15) is 5.10 Å². The normalized spacial score (nSPS) is 10.4. The van der Waals surface area contributed by atoms with Crippen molar-refractivity contribution in [1.82, 2.24) is 14.8 Å². The topological polar surface area (TPSA) is 78.0 Å². The zero-order chi connectivity index (χ0) is 13.7. The van der Waals surface area contributed by atoms with Crippen LogP contribution in [-0.4, -0.2) is 33.5 Å². The van der Waals surface area contributed by atoms with Crippen molar-refractivity contribution in [3.63, 3.8) is 0 Å². The molecular formula is C12H15N5OS. The van der Waals surface area contributed by atoms with Gasteiger partial charge in [0.2, 0.25) is 0 Å². The van der Waals surface area contributed by atoms with Crippen LogP contribution in [0.3, 0.4) is 0 Å². The Labute approximate surface area is 116 Å². The van der Waals surface area contributed by atoms with Crippen molar-refractivity contribution in [3.05, 3.63) is 36.3 Å². The fourth-order valence-corrected chi connectivity index (χ4v) is 1.62. The number of rotatable bonds is 6. The van der Waals surface area contributed by atoms with Gasteiger partial charge in [0.15, 0.2) is 0 Å². The molecule has 100 valence electrons. The molecule has 0 bridgehead atoms. The van der Waals surface area contributed by atoms with Gasteiger partial charge in [0.1, 0.15) is 10.8 Å². The molecule has 0 fully saturated rings. The molecule has 0 aliphatic carbocycles. The molecule has 0 atom stereocenters. The largest absolute Gasteiger partial charge is 0.389 e. The number of nitrogens with zero attached hydrogens (tertiary/aromatic N) is 3. The molecule has 2 rings (SSSR count). The Hall–Kier alpha value is -1.99. The number of nitrogens with two attached hydrogens (primary N) is 1. The van der Waals surface area contributed by atoms with E-state index in [1.165, 1.54) is 0 Å². The number of hydrogen-bond acceptors (Lipinski definition) is 5. The molecule has 2 heterocycles. The van der Waals surface area contributed by atoms with Crippen molar-refractivity contribution in [2.45, 2.75) is 6.54 Å². The second-order valence-corrected chi connectivity index (χ2v) is 4.35. The predicted molar refractivity (Wildman–Crippen MR) is 77.5 cm³/mol. The lowest BCUT2D eigenvalue weighted by Gasteiger charge is -2.03. The first-order valence-electron chi connectivity index (χ1n) is 5.73. The van der Waals surface area contributed by atoms with Crippen molar-refractivity contribution in [3.8, 4) is 0 Å². The second-order valence-electron chi connectivity index (χ2n) is 3.91. The number of pyridine rings is 1. The predicted octanol–water partition coefficient (Wildman–Crippen LogP) is 1.30. The van der Waals surface area contributed by atoms with Crippen molar-refractivity contribution in [2.24, 2.45) is 5.73 Å². The minimum Gasteiger partial charge on any atom is -0.389 e. The lowest BCUT2D eigenvalue weighted by Crippen LogP contribution is -2.09. The van der Waals surface area contributed by atoms with Gasteiger partial charge in [-0.3, -0.25) is 4.68 Å². The van der Waals surface area contributed by atoms with Crippen LogP contribution < -0.4 is 11.1 Å². The van der Waals surface area contributed by atoms with Crippen LogP contribution in [0.5, 0.6) is 0 Å². The molecule has 7 heteroatoms. The zero-order valence-electron chi connectivity index (χ0n) is 10.5. The van der Waals surface area contributed by atoms with Crippen molar-refractivity contribution in [1.29, 1.82) is 0 Å². The molecule has 0 saturated carbocycles. The third-order valence-electron chi connectivity index (χ3n) is 2.48. The van der Waals surface area contributed by atoms with Gasteiger partial charge in [-0.1, -0.05) is 12.2 Å². The number of thiocarbonyl (C=S) groups is 1. The SMILES string of the molecule is COCCn1cc(Nc2ccc(C(N)=S)cn2)cn1. The summed E-state index contributed by atoms with van der Waals surface area (Å²) >= 11 is 4.87. The lowest BCUT2D eigenvalue weighted by molar-refractivity contribution is 0.183. The highest BCUT2D eigenvalue weighted by atomic mass is 32.1. The third kappa shape index (κ3) is 3.73. The molecule has 0 radical (unpaired) electrons. The van der Waals surface area contributed by atoms with E-state index in [9.17, 15) is 0 Å². The molecular weight excluding hydrogens is 262 g/mol. The van der Waals surface area contributed by atoms with E-state index in [2.05, 4.69) is 15.4 Å². The van der Waals surface area contributed by atoms with E-state index in [1.807, 2.05) is 18.3 Å². The van der Waals surface area contributed by atoms with Gasteiger partial charge >= 0.3 is 0 Å². The average Bonchev–Trinajstić information content (AvgIpc) is 2.84. The number of ether oxygens (including phenoxy) is 1. The van der Waals surface area contributed by atoms with Crippen LogP contribution in [0.25, 0.3) is 0 Å². The van der Waals surface area contributed by atoms with Gasteiger partial charge in [-0.25, -0.2) is 4.98 Å². The van der Waals surface area contributed by atoms with Crippen LogP contribution in [0.4, 0.5) is 11.5 Å². The Morgan fingerprint density at radius 2 is 2.32 bits per heavy atom. The number of anilines is 2. The van der Waals surface area contributed by atoms with Gasteiger partial charge in [-0.15, -0.1) is 0 Å². The minimum absolute atomic E-state index is 0.339. The van der Waals surface area contributed by atoms with Crippen molar-refractivity contribution in [2.75, 3.05) is 19.0 Å². The first kappa shape index (κ1) is 13.4. The van der Waals surface area contributed by atoms with Crippen LogP contribution >= 0.6 is 12.2 Å². The summed E-state index contributed by atoms with van der Waals surface area (Å²) in [6, 6.07) is 3.65. The fourth-order valence-electron chi connectivity index (χ4n) is 1.50. The minimum atomic E-state index is 0.339. The van der Waals surface area contributed by atoms with E-state index in [4.69, 9.17) is 22.7 Å². The first-order chi connectivity index (χ1) is 9.19. The Morgan fingerprint density at radius 3 is 2.95 bits per heavy atom. The Kier molecular flexibility index (Phi) is 4.43. The number of nitrogens with one attached hydrogen (secondary N) is 1. The lowest BCUT2D eigenvalue weighted by atomic mass is 10.3. The molecule has 3 N–H and O–H groups in total. The summed E-state index contributed by atoms with van der Waals surface area (Å²) in [7, 11) is 1.66. The first-order valence-corrected chi connectivity index (χ1v) is 6.14. The maximum Gasteiger partial charge on any atom is 0.130 e. The van der Waals surface area contributed by atoms with E-state index in [0.29, 0.717) is 24.0 Å². The summed E-state index contributed by atoms with van der Waals surface area (Å²) in [5.74, 6) is 0.714. The number of hydrogen-bond donors (Lipinski definition) is 2. The maximum atomic E-state index is 5.51. The molecule has 0 aliphatic rings. The molecule has 0 unspecified atom stereocenters. The van der Waals surface area contributed by atoms with E-state index in [1.54, 1.807) is 24.2 Å². The Balaban J connectivity index is 2.00. The van der Waals surface area contributed by atoms with Gasteiger partial charge in [0, 0.05) is 25.1 Å². The third-order valence-corrected chi connectivity index (χ3v) is 2.71. The monoisotopic (exact) mass is 277 g/mol. The van der Waals surface area contributed by atoms with Gasteiger partial charge in [0.25, 0.3) is 0 Å². The van der Waals surface area contributed by atoms with Crippen molar-refractivity contribution < 1.29 is 4.74 Å². The Bertz CT molecular complexity index is 552. The molecule has 0 aromatic carbocycles. The highest BCUT2D eigenvalue weighted by Gasteiger charge is 2.01. The van der Waals surface area contributed by atoms with Crippen molar-refractivity contribution >= 4 is 28.7 Å². The highest BCUT2D eigenvalue weighted by Crippen LogP contribution is 2.13. The van der Waals surface area contributed by atoms with Crippen LogP contribution in [0.2, 0.25) is 0 Å². The van der Waals surface area contributed by atoms with Crippen LogP contribution in [0, 0.1) is 0 Å². The quantitative estimate of drug-likeness (QED) is 0.775. The van der Waals surface area contributed by atoms with Crippen LogP contribution in [0.15, 0.2) is 30.7 Å². The Morgan fingerprint density at radius 1 is 1.47 bits per heavy atom. The van der Waals surface area contributed by atoms with E-state index in [-0.39, 0.29) is 0 Å². The molecule has 0 spiro atoms. The number of methoxy groups -OCH3 is 1. The molecule has 0 amide bonds. The smallest absolute Gasteiger partial charge is 0.130 e. The molecule has 6 nitrogen and oxygen atoms in total. The van der Waals surface area contributed by atoms with Gasteiger partial charge < -0.3 is 15.8 Å². The molecule has 2 aromatic heterocycles. The molecule has 0 saturated heterocycles. The maximum absolute atomic E-state index is 5.51. The summed E-state index contributed by atoms with van der Waals surface area (Å²) in [6.45, 7) is 1.34. The summed E-state index contributed by atoms with van der Waals surface area (Å²) < 4.78 is 6.79. The summed E-state index contributed by atoms with van der Waals surface area (Å²) in [4.78, 5) is 4.57. The fraction of sp³-hybridized carbons (Fsp3) is 0.250. The van der Waals surface area contributed by atoms with E-state index >= 15 is 0 Å². The zero-order valence-corrected chi connectivity index (χ0v) is 11.4. The van der Waals surface area contributed by atoms with Gasteiger partial charge in [-0.05, 0) is 12.1 Å². The second kappa shape index (κ2) is 6.26.